The molecule has 1 heterocycles. The van der Waals surface area contributed by atoms with E-state index in [4.69, 9.17) is 0 Å². The van der Waals surface area contributed by atoms with E-state index in [2.05, 4.69) is 22.1 Å². The maximum atomic E-state index is 4.55. The van der Waals surface area contributed by atoms with E-state index in [-0.39, 0.29) is 0 Å². The first kappa shape index (κ1) is 9.77. The topological polar surface area (TPSA) is 31.9 Å². The quantitative estimate of drug-likeness (QED) is 0.809. The summed E-state index contributed by atoms with van der Waals surface area (Å²) in [6.07, 6.45) is 0. The number of imidazole rings is 1. The summed E-state index contributed by atoms with van der Waals surface area (Å²) < 4.78 is 0. The van der Waals surface area contributed by atoms with Crippen LogP contribution < -0.4 is 4.90 Å². The second-order valence-corrected chi connectivity index (χ2v) is 3.79. The molecule has 0 saturated heterocycles. The largest absolute Gasteiger partial charge is 0.349 e. The average Bonchev–Trinajstić information content (AvgIpc) is 2.62. The zero-order valence-corrected chi connectivity index (χ0v) is 9.28. The van der Waals surface area contributed by atoms with Gasteiger partial charge < -0.3 is 9.88 Å². The van der Waals surface area contributed by atoms with Gasteiger partial charge >= 0.3 is 0 Å². The standard InChI is InChI=1S/C12H15N3/c1-9-11(10-7-5-4-6-8-10)14-12(13-9)15(2)3/h4-8H,1-3H3,(H,13,14). The number of aromatic nitrogens is 2. The summed E-state index contributed by atoms with van der Waals surface area (Å²) in [5.74, 6) is 0.895. The molecule has 15 heavy (non-hydrogen) atoms. The Morgan fingerprint density at radius 1 is 1.13 bits per heavy atom. The highest BCUT2D eigenvalue weighted by Gasteiger charge is 2.08. The van der Waals surface area contributed by atoms with Gasteiger partial charge in [-0.3, -0.25) is 0 Å². The number of hydrogen-bond donors (Lipinski definition) is 1. The van der Waals surface area contributed by atoms with Crippen molar-refractivity contribution < 1.29 is 0 Å². The van der Waals surface area contributed by atoms with E-state index in [1.54, 1.807) is 0 Å². The van der Waals surface area contributed by atoms with Gasteiger partial charge in [0.2, 0.25) is 5.95 Å². The summed E-state index contributed by atoms with van der Waals surface area (Å²) in [7, 11) is 3.96. The van der Waals surface area contributed by atoms with Crippen LogP contribution in [0.2, 0.25) is 0 Å². The lowest BCUT2D eigenvalue weighted by atomic mass is 10.1. The fourth-order valence-corrected chi connectivity index (χ4v) is 1.53. The van der Waals surface area contributed by atoms with Gasteiger partial charge in [-0.2, -0.15) is 0 Å². The van der Waals surface area contributed by atoms with Crippen LogP contribution in [0.3, 0.4) is 0 Å². The summed E-state index contributed by atoms with van der Waals surface area (Å²) in [5.41, 5.74) is 3.28. The lowest BCUT2D eigenvalue weighted by Crippen LogP contribution is -2.10. The normalized spacial score (nSPS) is 10.3. The fourth-order valence-electron chi connectivity index (χ4n) is 1.53. The Morgan fingerprint density at radius 3 is 2.33 bits per heavy atom. The van der Waals surface area contributed by atoms with Crippen LogP contribution in [0.25, 0.3) is 11.3 Å². The van der Waals surface area contributed by atoms with E-state index in [1.807, 2.05) is 44.1 Å². The van der Waals surface area contributed by atoms with Crippen molar-refractivity contribution in [1.29, 1.82) is 0 Å². The summed E-state index contributed by atoms with van der Waals surface area (Å²) in [5, 5.41) is 0. The predicted molar refractivity (Wildman–Crippen MR) is 63.1 cm³/mol. The molecule has 1 aromatic heterocycles. The van der Waals surface area contributed by atoms with Crippen molar-refractivity contribution in [2.75, 3.05) is 19.0 Å². The maximum Gasteiger partial charge on any atom is 0.203 e. The zero-order chi connectivity index (χ0) is 10.8. The van der Waals surface area contributed by atoms with Crippen LogP contribution in [0, 0.1) is 6.92 Å². The van der Waals surface area contributed by atoms with E-state index in [0.29, 0.717) is 0 Å². The first-order chi connectivity index (χ1) is 7.18. The van der Waals surface area contributed by atoms with Crippen molar-refractivity contribution in [3.63, 3.8) is 0 Å². The second-order valence-electron chi connectivity index (χ2n) is 3.79. The third-order valence-electron chi connectivity index (χ3n) is 2.34. The van der Waals surface area contributed by atoms with Crippen LogP contribution in [0.4, 0.5) is 5.95 Å². The Labute approximate surface area is 89.8 Å². The van der Waals surface area contributed by atoms with Crippen molar-refractivity contribution in [3.05, 3.63) is 36.0 Å². The summed E-state index contributed by atoms with van der Waals surface area (Å²) in [4.78, 5) is 9.78. The highest BCUT2D eigenvalue weighted by Crippen LogP contribution is 2.22. The average molecular weight is 201 g/mol. The number of nitrogens with zero attached hydrogens (tertiary/aromatic N) is 2. The molecule has 1 aromatic carbocycles. The van der Waals surface area contributed by atoms with E-state index in [1.165, 1.54) is 0 Å². The van der Waals surface area contributed by atoms with Crippen LogP contribution in [0.1, 0.15) is 5.69 Å². The molecule has 0 spiro atoms. The van der Waals surface area contributed by atoms with E-state index >= 15 is 0 Å². The molecule has 0 radical (unpaired) electrons. The number of hydrogen-bond acceptors (Lipinski definition) is 2. The maximum absolute atomic E-state index is 4.55. The van der Waals surface area contributed by atoms with Crippen LogP contribution in [-0.4, -0.2) is 24.1 Å². The molecule has 0 aliphatic heterocycles. The molecule has 2 aromatic rings. The molecule has 0 fully saturated rings. The SMILES string of the molecule is Cc1[nH]c(N(C)C)nc1-c1ccccc1. The molecule has 1 N–H and O–H groups in total. The van der Waals surface area contributed by atoms with Gasteiger partial charge in [-0.15, -0.1) is 0 Å². The minimum absolute atomic E-state index is 0.895. The zero-order valence-electron chi connectivity index (χ0n) is 9.28. The van der Waals surface area contributed by atoms with Crippen molar-refractivity contribution >= 4 is 5.95 Å². The number of rotatable bonds is 2. The molecule has 0 bridgehead atoms. The Morgan fingerprint density at radius 2 is 1.80 bits per heavy atom. The van der Waals surface area contributed by atoms with Gasteiger partial charge in [0.05, 0.1) is 5.69 Å². The smallest absolute Gasteiger partial charge is 0.203 e. The van der Waals surface area contributed by atoms with Gasteiger partial charge in [0, 0.05) is 25.4 Å². The van der Waals surface area contributed by atoms with Crippen molar-refractivity contribution in [3.8, 4) is 11.3 Å². The third-order valence-corrected chi connectivity index (χ3v) is 2.34. The minimum Gasteiger partial charge on any atom is -0.349 e. The van der Waals surface area contributed by atoms with Crippen molar-refractivity contribution in [2.45, 2.75) is 6.92 Å². The Hall–Kier alpha value is -1.77. The molecule has 3 heteroatoms. The first-order valence-electron chi connectivity index (χ1n) is 4.98. The first-order valence-corrected chi connectivity index (χ1v) is 4.98. The lowest BCUT2D eigenvalue weighted by Gasteiger charge is -2.05. The third kappa shape index (κ3) is 1.86. The number of benzene rings is 1. The summed E-state index contributed by atoms with van der Waals surface area (Å²) in [6, 6.07) is 10.2. The van der Waals surface area contributed by atoms with Gasteiger partial charge in [0.25, 0.3) is 0 Å². The number of anilines is 1. The molecular weight excluding hydrogens is 186 g/mol. The Kier molecular flexibility index (Phi) is 2.46. The molecule has 0 aliphatic rings. The van der Waals surface area contributed by atoms with Gasteiger partial charge in [0.15, 0.2) is 0 Å². The fraction of sp³-hybridized carbons (Fsp3) is 0.250. The van der Waals surface area contributed by atoms with Crippen LogP contribution in [-0.2, 0) is 0 Å². The second kappa shape index (κ2) is 3.77. The molecule has 0 saturated carbocycles. The molecule has 3 nitrogen and oxygen atoms in total. The van der Waals surface area contributed by atoms with Crippen molar-refractivity contribution in [1.82, 2.24) is 9.97 Å². The molecule has 78 valence electrons. The number of aryl methyl sites for hydroxylation is 1. The number of nitrogens with one attached hydrogen (secondary N) is 1. The predicted octanol–water partition coefficient (Wildman–Crippen LogP) is 2.45. The van der Waals surface area contributed by atoms with Gasteiger partial charge in [-0.1, -0.05) is 30.3 Å². The van der Waals surface area contributed by atoms with Gasteiger partial charge in [-0.25, -0.2) is 4.98 Å². The Balaban J connectivity index is 2.45. The van der Waals surface area contributed by atoms with E-state index in [0.717, 1.165) is 22.9 Å². The Bertz CT molecular complexity index is 443. The van der Waals surface area contributed by atoms with E-state index in [9.17, 15) is 0 Å². The highest BCUT2D eigenvalue weighted by atomic mass is 15.2. The number of aromatic amines is 1. The number of H-pyrrole nitrogens is 1. The molecule has 0 aliphatic carbocycles. The van der Waals surface area contributed by atoms with Gasteiger partial charge in [-0.05, 0) is 6.92 Å². The highest BCUT2D eigenvalue weighted by molar-refractivity contribution is 5.63. The molecule has 0 atom stereocenters. The van der Waals surface area contributed by atoms with E-state index < -0.39 is 0 Å². The monoisotopic (exact) mass is 201 g/mol. The van der Waals surface area contributed by atoms with Crippen LogP contribution in [0.5, 0.6) is 0 Å². The molecular formula is C12H15N3. The van der Waals surface area contributed by atoms with Crippen LogP contribution in [0.15, 0.2) is 30.3 Å². The summed E-state index contributed by atoms with van der Waals surface area (Å²) >= 11 is 0. The molecule has 0 unspecified atom stereocenters. The molecule has 2 rings (SSSR count). The van der Waals surface area contributed by atoms with Crippen LogP contribution >= 0.6 is 0 Å². The van der Waals surface area contributed by atoms with Gasteiger partial charge in [0.1, 0.15) is 0 Å². The minimum atomic E-state index is 0.895. The van der Waals surface area contributed by atoms with Crippen molar-refractivity contribution in [2.24, 2.45) is 0 Å². The summed E-state index contributed by atoms with van der Waals surface area (Å²) in [6.45, 7) is 2.04. The lowest BCUT2D eigenvalue weighted by molar-refractivity contribution is 1.03. The molecule has 0 amide bonds.